The molecule has 0 unspecified atom stereocenters. The fourth-order valence-electron chi connectivity index (χ4n) is 2.74. The zero-order valence-corrected chi connectivity index (χ0v) is 16.4. The fourth-order valence-corrected chi connectivity index (χ4v) is 2.87. The zero-order chi connectivity index (χ0) is 19.9. The second-order valence-electron chi connectivity index (χ2n) is 6.29. The summed E-state index contributed by atoms with van der Waals surface area (Å²) in [6.45, 7) is 2.74. The fraction of sp³-hybridized carbons (Fsp3) is 0.200. The summed E-state index contributed by atoms with van der Waals surface area (Å²) in [5, 5.41) is 8.13. The molecule has 2 N–H and O–H groups in total. The molecule has 4 rings (SSSR count). The van der Waals surface area contributed by atoms with E-state index in [1.807, 2.05) is 54.6 Å². The van der Waals surface area contributed by atoms with Gasteiger partial charge in [0, 0.05) is 23.8 Å². The summed E-state index contributed by atoms with van der Waals surface area (Å²) in [5.41, 5.74) is 4.69. The van der Waals surface area contributed by atoms with E-state index in [9.17, 15) is 0 Å². The minimum Gasteiger partial charge on any atom is -0.378 e. The van der Waals surface area contributed by atoms with Crippen molar-refractivity contribution in [2.45, 2.75) is 0 Å². The lowest BCUT2D eigenvalue weighted by Gasteiger charge is -2.27. The molecule has 0 aliphatic carbocycles. The van der Waals surface area contributed by atoms with Crippen LogP contribution in [-0.2, 0) is 4.74 Å². The Labute approximate surface area is 173 Å². The number of hydrogen-bond donors (Lipinski definition) is 2. The van der Waals surface area contributed by atoms with Crippen LogP contribution >= 0.6 is 11.6 Å². The van der Waals surface area contributed by atoms with E-state index in [1.165, 1.54) is 0 Å². The third-order valence-corrected chi connectivity index (χ3v) is 4.45. The van der Waals surface area contributed by atoms with Crippen LogP contribution in [0.3, 0.4) is 0 Å². The van der Waals surface area contributed by atoms with Gasteiger partial charge in [-0.3, -0.25) is 0 Å². The number of anilines is 4. The van der Waals surface area contributed by atoms with Gasteiger partial charge in [0.1, 0.15) is 0 Å². The largest absolute Gasteiger partial charge is 0.378 e. The Morgan fingerprint density at radius 1 is 0.931 bits per heavy atom. The van der Waals surface area contributed by atoms with E-state index in [0.29, 0.717) is 36.1 Å². The highest BCUT2D eigenvalue weighted by Crippen LogP contribution is 2.18. The Morgan fingerprint density at radius 3 is 2.41 bits per heavy atom. The van der Waals surface area contributed by atoms with Crippen LogP contribution in [-0.4, -0.2) is 47.5 Å². The quantitative estimate of drug-likeness (QED) is 0.475. The summed E-state index contributed by atoms with van der Waals surface area (Å²) in [4.78, 5) is 15.6. The molecule has 1 fully saturated rings. The van der Waals surface area contributed by atoms with Crippen molar-refractivity contribution >= 4 is 41.3 Å². The monoisotopic (exact) mass is 409 g/mol. The number of rotatable bonds is 6. The van der Waals surface area contributed by atoms with Crippen molar-refractivity contribution in [3.63, 3.8) is 0 Å². The Hall–Kier alpha value is -3.23. The molecule has 9 heteroatoms. The number of halogens is 1. The van der Waals surface area contributed by atoms with Crippen LogP contribution in [0.25, 0.3) is 0 Å². The van der Waals surface area contributed by atoms with E-state index in [2.05, 4.69) is 35.7 Å². The number of hydrogen-bond acceptors (Lipinski definition) is 8. The van der Waals surface area contributed by atoms with Crippen LogP contribution in [0.5, 0.6) is 0 Å². The lowest BCUT2D eigenvalue weighted by atomic mass is 10.2. The molecule has 148 valence electrons. The van der Waals surface area contributed by atoms with Crippen molar-refractivity contribution in [2.75, 3.05) is 41.9 Å². The van der Waals surface area contributed by atoms with E-state index >= 15 is 0 Å². The van der Waals surface area contributed by atoms with Crippen molar-refractivity contribution < 1.29 is 4.74 Å². The first-order valence-corrected chi connectivity index (χ1v) is 9.59. The predicted octanol–water partition coefficient (Wildman–Crippen LogP) is 3.55. The van der Waals surface area contributed by atoms with Crippen LogP contribution in [0, 0.1) is 0 Å². The SMILES string of the molecule is Clc1ccc(C=NNc2nc(Nc3ccccc3)nc(N3CCOCC3)n2)cc1. The number of hydrazone groups is 1. The number of benzene rings is 2. The van der Waals surface area contributed by atoms with Gasteiger partial charge in [0.15, 0.2) is 0 Å². The van der Waals surface area contributed by atoms with Gasteiger partial charge in [-0.1, -0.05) is 41.9 Å². The first kappa shape index (κ1) is 19.1. The number of morpholine rings is 1. The molecule has 29 heavy (non-hydrogen) atoms. The van der Waals surface area contributed by atoms with E-state index in [1.54, 1.807) is 6.21 Å². The molecule has 2 heterocycles. The number of nitrogens with one attached hydrogen (secondary N) is 2. The van der Waals surface area contributed by atoms with Crippen molar-refractivity contribution in [1.82, 2.24) is 15.0 Å². The Kier molecular flexibility index (Phi) is 6.13. The van der Waals surface area contributed by atoms with Crippen molar-refractivity contribution in [3.05, 3.63) is 65.2 Å². The maximum Gasteiger partial charge on any atom is 0.250 e. The Bertz CT molecular complexity index is 960. The molecule has 0 bridgehead atoms. The average molecular weight is 410 g/mol. The lowest BCUT2D eigenvalue weighted by molar-refractivity contribution is 0.122. The molecule has 1 aliphatic heterocycles. The highest BCUT2D eigenvalue weighted by Gasteiger charge is 2.16. The summed E-state index contributed by atoms with van der Waals surface area (Å²) in [5.74, 6) is 1.37. The first-order valence-electron chi connectivity index (χ1n) is 9.22. The van der Waals surface area contributed by atoms with Crippen molar-refractivity contribution in [1.29, 1.82) is 0 Å². The first-order chi connectivity index (χ1) is 14.3. The molecule has 0 atom stereocenters. The Balaban J connectivity index is 1.55. The molecule has 0 radical (unpaired) electrons. The lowest BCUT2D eigenvalue weighted by Crippen LogP contribution is -2.37. The van der Waals surface area contributed by atoms with Gasteiger partial charge in [0.25, 0.3) is 0 Å². The van der Waals surface area contributed by atoms with Gasteiger partial charge < -0.3 is 15.0 Å². The highest BCUT2D eigenvalue weighted by molar-refractivity contribution is 6.30. The Morgan fingerprint density at radius 2 is 1.66 bits per heavy atom. The molecule has 0 saturated carbocycles. The molecule has 2 aromatic carbocycles. The maximum absolute atomic E-state index is 5.91. The van der Waals surface area contributed by atoms with Gasteiger partial charge >= 0.3 is 0 Å². The minimum absolute atomic E-state index is 0.352. The van der Waals surface area contributed by atoms with E-state index in [-0.39, 0.29) is 0 Å². The summed E-state index contributed by atoms with van der Waals surface area (Å²) in [6, 6.07) is 17.1. The van der Waals surface area contributed by atoms with Crippen LogP contribution in [0.4, 0.5) is 23.5 Å². The maximum atomic E-state index is 5.91. The summed E-state index contributed by atoms with van der Waals surface area (Å²) in [6.07, 6.45) is 1.68. The summed E-state index contributed by atoms with van der Waals surface area (Å²) >= 11 is 5.91. The summed E-state index contributed by atoms with van der Waals surface area (Å²) < 4.78 is 5.42. The minimum atomic E-state index is 0.352. The van der Waals surface area contributed by atoms with Gasteiger partial charge in [-0.05, 0) is 29.8 Å². The number of nitrogens with zero attached hydrogens (tertiary/aromatic N) is 5. The van der Waals surface area contributed by atoms with Crippen LogP contribution in [0.2, 0.25) is 5.02 Å². The zero-order valence-electron chi connectivity index (χ0n) is 15.6. The van der Waals surface area contributed by atoms with Gasteiger partial charge in [0.2, 0.25) is 17.8 Å². The van der Waals surface area contributed by atoms with Gasteiger partial charge in [-0.15, -0.1) is 0 Å². The van der Waals surface area contributed by atoms with E-state index < -0.39 is 0 Å². The number of aromatic nitrogens is 3. The topological polar surface area (TPSA) is 87.6 Å². The normalized spacial score (nSPS) is 14.2. The van der Waals surface area contributed by atoms with Gasteiger partial charge in [-0.2, -0.15) is 20.1 Å². The predicted molar refractivity (Wildman–Crippen MR) is 115 cm³/mol. The van der Waals surface area contributed by atoms with Gasteiger partial charge in [-0.25, -0.2) is 5.43 Å². The third kappa shape index (κ3) is 5.40. The number of para-hydroxylation sites is 1. The molecule has 3 aromatic rings. The molecular formula is C20H20ClN7O. The van der Waals surface area contributed by atoms with Gasteiger partial charge in [0.05, 0.1) is 19.4 Å². The number of ether oxygens (including phenoxy) is 1. The molecule has 0 amide bonds. The van der Waals surface area contributed by atoms with Crippen LogP contribution < -0.4 is 15.6 Å². The molecule has 1 aliphatic rings. The molecule has 1 saturated heterocycles. The second kappa shape index (κ2) is 9.31. The molecule has 8 nitrogen and oxygen atoms in total. The molecular weight excluding hydrogens is 390 g/mol. The molecule has 0 spiro atoms. The van der Waals surface area contributed by atoms with Crippen molar-refractivity contribution in [3.8, 4) is 0 Å². The van der Waals surface area contributed by atoms with E-state index in [4.69, 9.17) is 16.3 Å². The second-order valence-corrected chi connectivity index (χ2v) is 6.73. The average Bonchev–Trinajstić information content (AvgIpc) is 2.76. The third-order valence-electron chi connectivity index (χ3n) is 4.20. The summed E-state index contributed by atoms with van der Waals surface area (Å²) in [7, 11) is 0. The van der Waals surface area contributed by atoms with Crippen LogP contribution in [0.1, 0.15) is 5.56 Å². The van der Waals surface area contributed by atoms with Crippen LogP contribution in [0.15, 0.2) is 59.7 Å². The molecule has 1 aromatic heterocycles. The smallest absolute Gasteiger partial charge is 0.250 e. The highest BCUT2D eigenvalue weighted by atomic mass is 35.5. The van der Waals surface area contributed by atoms with E-state index in [0.717, 1.165) is 24.3 Å². The van der Waals surface area contributed by atoms with Crippen molar-refractivity contribution in [2.24, 2.45) is 5.10 Å². The standard InChI is InChI=1S/C20H20ClN7O/c21-16-8-6-15(7-9-16)14-22-27-19-24-18(23-17-4-2-1-3-5-17)25-20(26-19)28-10-12-29-13-11-28/h1-9,14H,10-13H2,(H2,23,24,25,26,27).